The zero-order valence-corrected chi connectivity index (χ0v) is 5.55. The van der Waals surface area contributed by atoms with E-state index in [4.69, 9.17) is 5.26 Å². The second-order valence-electron chi connectivity index (χ2n) is 1.94. The summed E-state index contributed by atoms with van der Waals surface area (Å²) in [5, 5.41) is 8.24. The molecular formula is C7H10NO. The van der Waals surface area contributed by atoms with Crippen LogP contribution in [0.15, 0.2) is 0 Å². The normalized spacial score (nSPS) is 12.0. The average Bonchev–Trinajstić information content (AvgIpc) is 1.91. The Morgan fingerprint density at radius 2 is 2.33 bits per heavy atom. The van der Waals surface area contributed by atoms with Crippen LogP contribution in [-0.2, 0) is 4.79 Å². The minimum atomic E-state index is -0.495. The van der Waals surface area contributed by atoms with E-state index in [1.807, 2.05) is 13.0 Å². The molecule has 0 aliphatic carbocycles. The van der Waals surface area contributed by atoms with E-state index >= 15 is 0 Å². The van der Waals surface area contributed by atoms with Crippen LogP contribution in [0.5, 0.6) is 0 Å². The summed E-state index contributed by atoms with van der Waals surface area (Å²) in [5.74, 6) is -0.495. The topological polar surface area (TPSA) is 40.9 Å². The van der Waals surface area contributed by atoms with Crippen molar-refractivity contribution < 1.29 is 4.79 Å². The molecule has 0 bridgehead atoms. The number of hydrogen-bond donors (Lipinski definition) is 0. The first kappa shape index (κ1) is 8.16. The molecule has 0 aliphatic heterocycles. The minimum Gasteiger partial charge on any atom is -0.289 e. The lowest BCUT2D eigenvalue weighted by Crippen LogP contribution is -1.96. The van der Waals surface area contributed by atoms with E-state index in [0.717, 1.165) is 12.8 Å². The lowest BCUT2D eigenvalue weighted by molar-refractivity contribution is 0.528. The molecule has 0 amide bonds. The summed E-state index contributed by atoms with van der Waals surface area (Å²) < 4.78 is 0. The molecule has 1 unspecified atom stereocenters. The molecule has 0 aromatic rings. The Labute approximate surface area is 55.5 Å². The van der Waals surface area contributed by atoms with Gasteiger partial charge in [0.25, 0.3) is 0 Å². The maximum Gasteiger partial charge on any atom is 0.216 e. The van der Waals surface area contributed by atoms with Crippen LogP contribution in [0.25, 0.3) is 0 Å². The van der Waals surface area contributed by atoms with E-state index in [0.29, 0.717) is 6.42 Å². The number of hydrogen-bond acceptors (Lipinski definition) is 2. The van der Waals surface area contributed by atoms with Crippen molar-refractivity contribution in [1.29, 1.82) is 5.26 Å². The van der Waals surface area contributed by atoms with E-state index in [2.05, 4.69) is 0 Å². The van der Waals surface area contributed by atoms with Gasteiger partial charge in [-0.25, -0.2) is 0 Å². The number of unbranched alkanes of at least 4 members (excludes halogenated alkanes) is 1. The lowest BCUT2D eigenvalue weighted by atomic mass is 10.1. The molecule has 2 nitrogen and oxygen atoms in total. The van der Waals surface area contributed by atoms with Gasteiger partial charge in [-0.2, -0.15) is 5.26 Å². The van der Waals surface area contributed by atoms with Crippen molar-refractivity contribution in [3.05, 3.63) is 0 Å². The Morgan fingerprint density at radius 3 is 2.67 bits per heavy atom. The van der Waals surface area contributed by atoms with Gasteiger partial charge in [0, 0.05) is 0 Å². The van der Waals surface area contributed by atoms with Crippen LogP contribution in [0.4, 0.5) is 0 Å². The highest BCUT2D eigenvalue weighted by atomic mass is 16.1. The molecule has 9 heavy (non-hydrogen) atoms. The highest BCUT2D eigenvalue weighted by molar-refractivity contribution is 5.58. The summed E-state index contributed by atoms with van der Waals surface area (Å²) >= 11 is 0. The third kappa shape index (κ3) is 3.72. The molecule has 1 atom stereocenters. The molecule has 0 saturated heterocycles. The number of rotatable bonds is 4. The molecule has 0 saturated carbocycles. The predicted octanol–water partition coefficient (Wildman–Crippen LogP) is 1.43. The summed E-state index contributed by atoms with van der Waals surface area (Å²) in [6.45, 7) is 2.03. The largest absolute Gasteiger partial charge is 0.289 e. The molecule has 1 radical (unpaired) electrons. The van der Waals surface area contributed by atoms with Crippen molar-refractivity contribution in [2.24, 2.45) is 5.92 Å². The average molecular weight is 124 g/mol. The minimum absolute atomic E-state index is 0.495. The van der Waals surface area contributed by atoms with Gasteiger partial charge in [-0.15, -0.1) is 0 Å². The maximum atomic E-state index is 9.89. The predicted molar refractivity (Wildman–Crippen MR) is 34.3 cm³/mol. The van der Waals surface area contributed by atoms with E-state index < -0.39 is 5.92 Å². The standard InChI is InChI=1S/C7H10NO/c1-2-3-4-7(5-8)6-9/h7H,2-4H2,1H3. The molecule has 49 valence electrons. The van der Waals surface area contributed by atoms with Crippen molar-refractivity contribution in [2.45, 2.75) is 26.2 Å². The molecule has 0 aromatic heterocycles. The van der Waals surface area contributed by atoms with Gasteiger partial charge in [0.05, 0.1) is 6.07 Å². The van der Waals surface area contributed by atoms with Gasteiger partial charge >= 0.3 is 0 Å². The number of nitrogens with zero attached hydrogens (tertiary/aromatic N) is 1. The first-order valence-corrected chi connectivity index (χ1v) is 3.12. The van der Waals surface area contributed by atoms with Crippen LogP contribution < -0.4 is 0 Å². The summed E-state index contributed by atoms with van der Waals surface area (Å²) in [4.78, 5) is 9.89. The summed E-state index contributed by atoms with van der Waals surface area (Å²) in [6, 6.07) is 1.86. The molecule has 0 heterocycles. The third-order valence-electron chi connectivity index (χ3n) is 1.14. The fourth-order valence-corrected chi connectivity index (χ4v) is 0.558. The third-order valence-corrected chi connectivity index (χ3v) is 1.14. The highest BCUT2D eigenvalue weighted by Gasteiger charge is 2.03. The maximum absolute atomic E-state index is 9.89. The Kier molecular flexibility index (Phi) is 4.81. The van der Waals surface area contributed by atoms with Gasteiger partial charge in [0.15, 0.2) is 0 Å². The van der Waals surface area contributed by atoms with Gasteiger partial charge in [0.2, 0.25) is 6.29 Å². The lowest BCUT2D eigenvalue weighted by Gasteiger charge is -1.94. The monoisotopic (exact) mass is 124 g/mol. The van der Waals surface area contributed by atoms with Crippen LogP contribution in [0.2, 0.25) is 0 Å². The number of carbonyl (C=O) groups excluding carboxylic acids is 1. The van der Waals surface area contributed by atoms with E-state index in [9.17, 15) is 4.79 Å². The Hall–Kier alpha value is -0.840. The van der Waals surface area contributed by atoms with Crippen molar-refractivity contribution >= 4 is 6.29 Å². The van der Waals surface area contributed by atoms with Gasteiger partial charge in [0.1, 0.15) is 5.92 Å². The molecular weight excluding hydrogens is 114 g/mol. The molecule has 0 rings (SSSR count). The first-order chi connectivity index (χ1) is 4.35. The molecule has 0 spiro atoms. The van der Waals surface area contributed by atoms with Gasteiger partial charge in [-0.1, -0.05) is 19.8 Å². The van der Waals surface area contributed by atoms with Crippen LogP contribution in [-0.4, -0.2) is 6.29 Å². The zero-order chi connectivity index (χ0) is 7.11. The fourth-order valence-electron chi connectivity index (χ4n) is 0.558. The molecule has 2 heteroatoms. The molecule has 0 fully saturated rings. The summed E-state index contributed by atoms with van der Waals surface area (Å²) in [5.41, 5.74) is 0. The number of nitriles is 1. The zero-order valence-electron chi connectivity index (χ0n) is 5.55. The van der Waals surface area contributed by atoms with Crippen molar-refractivity contribution in [3.63, 3.8) is 0 Å². The van der Waals surface area contributed by atoms with Gasteiger partial charge < -0.3 is 0 Å². The Morgan fingerprint density at radius 1 is 1.67 bits per heavy atom. The van der Waals surface area contributed by atoms with Gasteiger partial charge in [-0.3, -0.25) is 4.79 Å². The van der Waals surface area contributed by atoms with Crippen LogP contribution >= 0.6 is 0 Å². The van der Waals surface area contributed by atoms with Crippen molar-refractivity contribution in [3.8, 4) is 6.07 Å². The summed E-state index contributed by atoms with van der Waals surface area (Å²) in [6.07, 6.45) is 4.30. The SMILES string of the molecule is CCCCC([C]=O)C#N. The Bertz CT molecular complexity index is 115. The molecule has 0 N–H and O–H groups in total. The smallest absolute Gasteiger partial charge is 0.216 e. The second-order valence-corrected chi connectivity index (χ2v) is 1.94. The quantitative estimate of drug-likeness (QED) is 0.568. The molecule has 0 aromatic carbocycles. The van der Waals surface area contributed by atoms with Crippen LogP contribution in [0, 0.1) is 17.2 Å². The fraction of sp³-hybridized carbons (Fsp3) is 0.714. The summed E-state index contributed by atoms with van der Waals surface area (Å²) in [7, 11) is 0. The highest BCUT2D eigenvalue weighted by Crippen LogP contribution is 2.03. The Balaban J connectivity index is 3.34. The van der Waals surface area contributed by atoms with E-state index in [1.54, 1.807) is 6.29 Å². The van der Waals surface area contributed by atoms with Crippen molar-refractivity contribution in [2.75, 3.05) is 0 Å². The second kappa shape index (κ2) is 5.30. The van der Waals surface area contributed by atoms with Crippen molar-refractivity contribution in [1.82, 2.24) is 0 Å². The first-order valence-electron chi connectivity index (χ1n) is 3.12. The van der Waals surface area contributed by atoms with Crippen LogP contribution in [0.3, 0.4) is 0 Å². The van der Waals surface area contributed by atoms with Crippen LogP contribution in [0.1, 0.15) is 26.2 Å². The van der Waals surface area contributed by atoms with E-state index in [-0.39, 0.29) is 0 Å². The van der Waals surface area contributed by atoms with Gasteiger partial charge in [-0.05, 0) is 6.42 Å². The van der Waals surface area contributed by atoms with E-state index in [1.165, 1.54) is 0 Å². The molecule has 0 aliphatic rings.